The van der Waals surface area contributed by atoms with Crippen LogP contribution in [-0.4, -0.2) is 19.9 Å². The number of nitrogens with zero attached hydrogens (tertiary/aromatic N) is 3. The molecule has 4 nitrogen and oxygen atoms in total. The van der Waals surface area contributed by atoms with Gasteiger partial charge in [-0.3, -0.25) is 4.57 Å². The molecule has 0 spiro atoms. The Morgan fingerprint density at radius 1 is 1.31 bits per heavy atom. The van der Waals surface area contributed by atoms with E-state index in [0.717, 1.165) is 12.1 Å². The van der Waals surface area contributed by atoms with Crippen molar-refractivity contribution < 1.29 is 9.50 Å². The largest absolute Gasteiger partial charge is 0.388 e. The predicted octanol–water partition coefficient (Wildman–Crippen LogP) is 2.21. The minimum Gasteiger partial charge on any atom is -0.388 e. The van der Waals surface area contributed by atoms with Crippen molar-refractivity contribution in [3.63, 3.8) is 0 Å². The first-order valence-electron chi connectivity index (χ1n) is 4.28. The molecule has 0 saturated heterocycles. The molecule has 84 valence electrons. The lowest BCUT2D eigenvalue weighted by molar-refractivity contribution is 0.269. The summed E-state index contributed by atoms with van der Waals surface area (Å²) < 4.78 is 14.4. The summed E-state index contributed by atoms with van der Waals surface area (Å²) >= 11 is 11.7. The van der Waals surface area contributed by atoms with Crippen molar-refractivity contribution in [3.8, 4) is 5.69 Å². The third-order valence-corrected chi connectivity index (χ3v) is 2.56. The number of rotatable bonds is 2. The monoisotopic (exact) mass is 261 g/mol. The first kappa shape index (κ1) is 11.3. The zero-order chi connectivity index (χ0) is 11.7. The third-order valence-electron chi connectivity index (χ3n) is 1.98. The molecule has 16 heavy (non-hydrogen) atoms. The molecule has 1 N–H and O–H groups in total. The van der Waals surface area contributed by atoms with Crippen LogP contribution < -0.4 is 0 Å². The second-order valence-corrected chi connectivity index (χ2v) is 3.81. The van der Waals surface area contributed by atoms with Gasteiger partial charge in [0.15, 0.2) is 5.82 Å². The summed E-state index contributed by atoms with van der Waals surface area (Å²) in [6, 6.07) is 2.26. The lowest BCUT2D eigenvalue weighted by Gasteiger charge is -2.09. The Hall–Kier alpha value is -1.17. The van der Waals surface area contributed by atoms with E-state index in [0.29, 0.717) is 5.69 Å². The minimum atomic E-state index is -0.530. The first-order valence-corrected chi connectivity index (χ1v) is 5.03. The quantitative estimate of drug-likeness (QED) is 0.902. The van der Waals surface area contributed by atoms with Gasteiger partial charge in [0, 0.05) is 0 Å². The summed E-state index contributed by atoms with van der Waals surface area (Å²) in [5.74, 6) is -0.257. The van der Waals surface area contributed by atoms with Crippen molar-refractivity contribution in [2.75, 3.05) is 0 Å². The van der Waals surface area contributed by atoms with E-state index in [2.05, 4.69) is 10.2 Å². The Morgan fingerprint density at radius 3 is 2.50 bits per heavy atom. The fourth-order valence-electron chi connectivity index (χ4n) is 1.32. The number of aliphatic hydroxyl groups excluding tert-OH is 1. The molecule has 0 radical (unpaired) electrons. The maximum atomic E-state index is 13.0. The van der Waals surface area contributed by atoms with Gasteiger partial charge >= 0.3 is 0 Å². The maximum Gasteiger partial charge on any atom is 0.163 e. The van der Waals surface area contributed by atoms with Gasteiger partial charge in [-0.1, -0.05) is 23.2 Å². The number of hydrogen-bond acceptors (Lipinski definition) is 3. The summed E-state index contributed by atoms with van der Waals surface area (Å²) in [4.78, 5) is 0. The standard InChI is InChI=1S/C9H6Cl2FN3O/c10-6-1-5(12)2-7(11)9(6)15-4-13-14-8(15)3-16/h1-2,4,16H,3H2. The molecular formula is C9H6Cl2FN3O. The molecule has 0 atom stereocenters. The van der Waals surface area contributed by atoms with Gasteiger partial charge in [0.05, 0.1) is 15.7 Å². The van der Waals surface area contributed by atoms with Crippen molar-refractivity contribution in [1.29, 1.82) is 0 Å². The fraction of sp³-hybridized carbons (Fsp3) is 0.111. The summed E-state index contributed by atoms with van der Waals surface area (Å²) in [6.07, 6.45) is 1.34. The molecule has 0 unspecified atom stereocenters. The van der Waals surface area contributed by atoms with Gasteiger partial charge in [-0.2, -0.15) is 0 Å². The van der Waals surface area contributed by atoms with Gasteiger partial charge in [-0.15, -0.1) is 10.2 Å². The molecule has 0 aliphatic heterocycles. The Kier molecular flexibility index (Phi) is 3.09. The maximum absolute atomic E-state index is 13.0. The Bertz CT molecular complexity index is 506. The van der Waals surface area contributed by atoms with Crippen LogP contribution in [-0.2, 0) is 6.61 Å². The van der Waals surface area contributed by atoms with Crippen molar-refractivity contribution in [2.24, 2.45) is 0 Å². The van der Waals surface area contributed by atoms with Crippen LogP contribution in [0.2, 0.25) is 10.0 Å². The second-order valence-electron chi connectivity index (χ2n) is 2.99. The number of aliphatic hydroxyl groups is 1. The first-order chi connectivity index (χ1) is 7.63. The summed E-state index contributed by atoms with van der Waals surface area (Å²) in [7, 11) is 0. The zero-order valence-corrected chi connectivity index (χ0v) is 9.37. The van der Waals surface area contributed by atoms with E-state index >= 15 is 0 Å². The predicted molar refractivity (Wildman–Crippen MR) is 57.3 cm³/mol. The molecule has 0 aliphatic carbocycles. The van der Waals surface area contributed by atoms with Crippen molar-refractivity contribution in [2.45, 2.75) is 6.61 Å². The van der Waals surface area contributed by atoms with E-state index in [1.165, 1.54) is 10.9 Å². The van der Waals surface area contributed by atoms with Crippen LogP contribution in [0.3, 0.4) is 0 Å². The average molecular weight is 262 g/mol. The van der Waals surface area contributed by atoms with E-state index < -0.39 is 5.82 Å². The number of hydrogen-bond donors (Lipinski definition) is 1. The lowest BCUT2D eigenvalue weighted by Crippen LogP contribution is -2.02. The van der Waals surface area contributed by atoms with E-state index in [9.17, 15) is 4.39 Å². The van der Waals surface area contributed by atoms with E-state index in [4.69, 9.17) is 28.3 Å². The molecule has 0 saturated carbocycles. The molecule has 0 bridgehead atoms. The smallest absolute Gasteiger partial charge is 0.163 e. The van der Waals surface area contributed by atoms with Crippen molar-refractivity contribution in [1.82, 2.24) is 14.8 Å². The van der Waals surface area contributed by atoms with Gasteiger partial charge in [0.2, 0.25) is 0 Å². The van der Waals surface area contributed by atoms with Gasteiger partial charge in [0.1, 0.15) is 18.8 Å². The van der Waals surface area contributed by atoms with E-state index in [1.54, 1.807) is 0 Å². The molecule has 1 heterocycles. The second kappa shape index (κ2) is 4.37. The molecular weight excluding hydrogens is 256 g/mol. The SMILES string of the molecule is OCc1nncn1-c1c(Cl)cc(F)cc1Cl. The third kappa shape index (κ3) is 1.89. The molecule has 2 rings (SSSR count). The minimum absolute atomic E-state index is 0.125. The highest BCUT2D eigenvalue weighted by atomic mass is 35.5. The van der Waals surface area contributed by atoms with Crippen LogP contribution in [0.5, 0.6) is 0 Å². The van der Waals surface area contributed by atoms with Crippen LogP contribution >= 0.6 is 23.2 Å². The zero-order valence-electron chi connectivity index (χ0n) is 7.86. The molecule has 0 aliphatic rings. The molecule has 1 aromatic carbocycles. The lowest BCUT2D eigenvalue weighted by atomic mass is 10.3. The van der Waals surface area contributed by atoms with Gasteiger partial charge in [-0.25, -0.2) is 4.39 Å². The van der Waals surface area contributed by atoms with Crippen LogP contribution in [0.25, 0.3) is 5.69 Å². The highest BCUT2D eigenvalue weighted by Crippen LogP contribution is 2.30. The van der Waals surface area contributed by atoms with E-state index in [-0.39, 0.29) is 22.5 Å². The number of aromatic nitrogens is 3. The van der Waals surface area contributed by atoms with Gasteiger partial charge in [0.25, 0.3) is 0 Å². The molecule has 1 aromatic heterocycles. The van der Waals surface area contributed by atoms with E-state index in [1.807, 2.05) is 0 Å². The van der Waals surface area contributed by atoms with Crippen molar-refractivity contribution in [3.05, 3.63) is 40.1 Å². The van der Waals surface area contributed by atoms with Crippen LogP contribution in [0.15, 0.2) is 18.5 Å². The van der Waals surface area contributed by atoms with Crippen molar-refractivity contribution >= 4 is 23.2 Å². The van der Waals surface area contributed by atoms with Gasteiger partial charge in [-0.05, 0) is 12.1 Å². The Balaban J connectivity index is 2.64. The number of halogens is 3. The molecule has 0 fully saturated rings. The summed E-state index contributed by atoms with van der Waals surface area (Å²) in [5, 5.41) is 16.6. The Morgan fingerprint density at radius 2 is 1.94 bits per heavy atom. The summed E-state index contributed by atoms with van der Waals surface area (Å²) in [6.45, 7) is -0.315. The normalized spacial score (nSPS) is 10.8. The van der Waals surface area contributed by atoms with Crippen LogP contribution in [0, 0.1) is 5.82 Å². The summed E-state index contributed by atoms with van der Waals surface area (Å²) in [5.41, 5.74) is 0.346. The fourth-order valence-corrected chi connectivity index (χ4v) is 1.96. The molecule has 7 heteroatoms. The topological polar surface area (TPSA) is 50.9 Å². The average Bonchev–Trinajstić information content (AvgIpc) is 2.64. The molecule has 2 aromatic rings. The Labute approximate surface area is 100 Å². The van der Waals surface area contributed by atoms with Crippen LogP contribution in [0.4, 0.5) is 4.39 Å². The van der Waals surface area contributed by atoms with Crippen LogP contribution in [0.1, 0.15) is 5.82 Å². The highest BCUT2D eigenvalue weighted by Gasteiger charge is 2.14. The van der Waals surface area contributed by atoms with Gasteiger partial charge < -0.3 is 5.11 Å². The highest BCUT2D eigenvalue weighted by molar-refractivity contribution is 6.37. The number of benzene rings is 1. The molecule has 0 amide bonds.